The molecule has 0 saturated carbocycles. The van der Waals surface area contributed by atoms with Gasteiger partial charge in [0.2, 0.25) is 0 Å². The van der Waals surface area contributed by atoms with Crippen LogP contribution >= 0.6 is 0 Å². The van der Waals surface area contributed by atoms with Crippen LogP contribution < -0.4 is 0 Å². The molecule has 0 amide bonds. The number of rotatable bonds is 6. The van der Waals surface area contributed by atoms with E-state index in [1.807, 2.05) is 0 Å². The van der Waals surface area contributed by atoms with Crippen LogP contribution in [0.15, 0.2) is 35.7 Å². The Morgan fingerprint density at radius 1 is 1.69 bits per heavy atom. The van der Waals surface area contributed by atoms with Gasteiger partial charge in [0.1, 0.15) is 11.9 Å². The first-order chi connectivity index (χ1) is 6.34. The molecule has 1 heterocycles. The smallest absolute Gasteiger partial charge is 0.132 e. The van der Waals surface area contributed by atoms with Gasteiger partial charge < -0.3 is 14.3 Å². The average molecular weight is 182 g/mol. The van der Waals surface area contributed by atoms with Gasteiger partial charge in [0.25, 0.3) is 0 Å². The van der Waals surface area contributed by atoms with Crippen molar-refractivity contribution < 1.29 is 14.3 Å². The van der Waals surface area contributed by atoms with E-state index in [1.165, 1.54) is 6.26 Å². The molecule has 0 spiro atoms. The quantitative estimate of drug-likeness (QED) is 0.542. The molecule has 3 nitrogen and oxygen atoms in total. The molecule has 0 bridgehead atoms. The number of hydrogen-bond acceptors (Lipinski definition) is 3. The van der Waals surface area contributed by atoms with E-state index in [-0.39, 0.29) is 0 Å². The molecule has 0 aromatic carbocycles. The summed E-state index contributed by atoms with van der Waals surface area (Å²) in [6.07, 6.45) is 3.86. The van der Waals surface area contributed by atoms with Crippen LogP contribution in [0, 0.1) is 0 Å². The van der Waals surface area contributed by atoms with Crippen LogP contribution in [0.2, 0.25) is 0 Å². The van der Waals surface area contributed by atoms with Gasteiger partial charge in [-0.15, -0.1) is 0 Å². The van der Waals surface area contributed by atoms with E-state index >= 15 is 0 Å². The van der Waals surface area contributed by atoms with E-state index < -0.39 is 6.10 Å². The Morgan fingerprint density at radius 2 is 2.54 bits per heavy atom. The van der Waals surface area contributed by atoms with Gasteiger partial charge in [0.05, 0.1) is 19.1 Å². The molecule has 0 saturated heterocycles. The summed E-state index contributed by atoms with van der Waals surface area (Å²) in [4.78, 5) is 0. The molecule has 1 aromatic rings. The molecular weight excluding hydrogens is 168 g/mol. The molecule has 0 aliphatic rings. The van der Waals surface area contributed by atoms with Crippen LogP contribution in [-0.2, 0) is 4.74 Å². The molecule has 13 heavy (non-hydrogen) atoms. The topological polar surface area (TPSA) is 42.6 Å². The lowest BCUT2D eigenvalue weighted by Crippen LogP contribution is -1.97. The maximum absolute atomic E-state index is 9.53. The summed E-state index contributed by atoms with van der Waals surface area (Å²) in [6.45, 7) is 4.01. The van der Waals surface area contributed by atoms with E-state index in [0.717, 1.165) is 6.42 Å². The minimum Gasteiger partial charge on any atom is -0.502 e. The van der Waals surface area contributed by atoms with Crippen molar-refractivity contribution >= 4 is 0 Å². The second-order valence-electron chi connectivity index (χ2n) is 2.71. The second kappa shape index (κ2) is 5.43. The average Bonchev–Trinajstić information content (AvgIpc) is 2.65. The van der Waals surface area contributed by atoms with Crippen molar-refractivity contribution in [1.29, 1.82) is 0 Å². The molecule has 1 rings (SSSR count). The normalized spacial score (nSPS) is 12.4. The first-order valence-corrected chi connectivity index (χ1v) is 4.28. The third-order valence-electron chi connectivity index (χ3n) is 1.73. The van der Waals surface area contributed by atoms with Gasteiger partial charge in [0, 0.05) is 0 Å². The Hall–Kier alpha value is -1.22. The van der Waals surface area contributed by atoms with Gasteiger partial charge in [-0.2, -0.15) is 0 Å². The highest BCUT2D eigenvalue weighted by atomic mass is 16.5. The third kappa shape index (κ3) is 3.34. The van der Waals surface area contributed by atoms with E-state index in [9.17, 15) is 5.11 Å². The van der Waals surface area contributed by atoms with Crippen LogP contribution in [-0.4, -0.2) is 11.7 Å². The van der Waals surface area contributed by atoms with Crippen LogP contribution in [0.1, 0.15) is 24.7 Å². The molecule has 1 atom stereocenters. The number of ether oxygens (including phenoxy) is 1. The van der Waals surface area contributed by atoms with Crippen molar-refractivity contribution in [3.05, 3.63) is 37.0 Å². The van der Waals surface area contributed by atoms with Crippen molar-refractivity contribution in [2.75, 3.05) is 6.61 Å². The van der Waals surface area contributed by atoms with Gasteiger partial charge >= 0.3 is 0 Å². The maximum Gasteiger partial charge on any atom is 0.132 e. The third-order valence-corrected chi connectivity index (χ3v) is 1.73. The lowest BCUT2D eigenvalue weighted by atomic mass is 10.1. The molecule has 0 aliphatic carbocycles. The van der Waals surface area contributed by atoms with Gasteiger partial charge in [-0.1, -0.05) is 6.58 Å². The molecule has 1 aromatic heterocycles. The first kappa shape index (κ1) is 9.86. The highest BCUT2D eigenvalue weighted by molar-refractivity contribution is 5.01. The Balaban J connectivity index is 2.18. The highest BCUT2D eigenvalue weighted by Crippen LogP contribution is 2.17. The second-order valence-corrected chi connectivity index (χ2v) is 2.71. The van der Waals surface area contributed by atoms with Crippen molar-refractivity contribution in [2.45, 2.75) is 18.9 Å². The summed E-state index contributed by atoms with van der Waals surface area (Å²) >= 11 is 0. The summed E-state index contributed by atoms with van der Waals surface area (Å²) in [5.74, 6) is 0.610. The molecule has 1 unspecified atom stereocenters. The zero-order valence-electron chi connectivity index (χ0n) is 7.48. The van der Waals surface area contributed by atoms with E-state index in [0.29, 0.717) is 18.8 Å². The Kier molecular flexibility index (Phi) is 4.12. The van der Waals surface area contributed by atoms with E-state index in [2.05, 4.69) is 6.58 Å². The van der Waals surface area contributed by atoms with Gasteiger partial charge in [-0.05, 0) is 25.0 Å². The fraction of sp³-hybridized carbons (Fsp3) is 0.400. The Bertz CT molecular complexity index is 228. The molecule has 72 valence electrons. The summed E-state index contributed by atoms with van der Waals surface area (Å²) in [5, 5.41) is 9.53. The van der Waals surface area contributed by atoms with E-state index in [4.69, 9.17) is 9.15 Å². The molecule has 0 radical (unpaired) electrons. The predicted octanol–water partition coefficient (Wildman–Crippen LogP) is 2.25. The molecule has 1 N–H and O–H groups in total. The standard InChI is InChI=1S/C10H14O3/c1-2-12-7-3-5-9(11)10-6-4-8-13-10/h2,4,6,8-9,11H,1,3,5,7H2. The van der Waals surface area contributed by atoms with Crippen molar-refractivity contribution in [1.82, 2.24) is 0 Å². The lowest BCUT2D eigenvalue weighted by molar-refractivity contribution is 0.125. The van der Waals surface area contributed by atoms with Crippen LogP contribution in [0.5, 0.6) is 0 Å². The minimum absolute atomic E-state index is 0.525. The van der Waals surface area contributed by atoms with Crippen LogP contribution in [0.4, 0.5) is 0 Å². The fourth-order valence-corrected chi connectivity index (χ4v) is 1.07. The SMILES string of the molecule is C=COCCCC(O)c1ccco1. The molecular formula is C10H14O3. The molecule has 0 fully saturated rings. The summed E-state index contributed by atoms with van der Waals surface area (Å²) in [6, 6.07) is 3.53. The molecule has 3 heteroatoms. The monoisotopic (exact) mass is 182 g/mol. The first-order valence-electron chi connectivity index (χ1n) is 4.28. The van der Waals surface area contributed by atoms with Crippen LogP contribution in [0.3, 0.4) is 0 Å². The van der Waals surface area contributed by atoms with Gasteiger partial charge in [0.15, 0.2) is 0 Å². The summed E-state index contributed by atoms with van der Waals surface area (Å²) < 4.78 is 9.96. The molecule has 0 aliphatic heterocycles. The fourth-order valence-electron chi connectivity index (χ4n) is 1.07. The van der Waals surface area contributed by atoms with Crippen molar-refractivity contribution in [3.8, 4) is 0 Å². The Labute approximate surface area is 77.6 Å². The van der Waals surface area contributed by atoms with Gasteiger partial charge in [-0.25, -0.2) is 0 Å². The largest absolute Gasteiger partial charge is 0.502 e. The van der Waals surface area contributed by atoms with Crippen molar-refractivity contribution in [2.24, 2.45) is 0 Å². The maximum atomic E-state index is 9.53. The number of aliphatic hydroxyl groups is 1. The number of hydrogen-bond donors (Lipinski definition) is 1. The van der Waals surface area contributed by atoms with Crippen molar-refractivity contribution in [3.63, 3.8) is 0 Å². The summed E-state index contributed by atoms with van der Waals surface area (Å²) in [5.41, 5.74) is 0. The van der Waals surface area contributed by atoms with Gasteiger partial charge in [-0.3, -0.25) is 0 Å². The number of furan rings is 1. The zero-order valence-corrected chi connectivity index (χ0v) is 7.48. The minimum atomic E-state index is -0.525. The highest BCUT2D eigenvalue weighted by Gasteiger charge is 2.08. The number of aliphatic hydroxyl groups excluding tert-OH is 1. The Morgan fingerprint density at radius 3 is 3.15 bits per heavy atom. The predicted molar refractivity (Wildman–Crippen MR) is 49.1 cm³/mol. The summed E-state index contributed by atoms with van der Waals surface area (Å²) in [7, 11) is 0. The lowest BCUT2D eigenvalue weighted by Gasteiger charge is -2.06. The van der Waals surface area contributed by atoms with Crippen LogP contribution in [0.25, 0.3) is 0 Å². The van der Waals surface area contributed by atoms with E-state index in [1.54, 1.807) is 18.4 Å². The zero-order chi connectivity index (χ0) is 9.52.